The van der Waals surface area contributed by atoms with Crippen molar-refractivity contribution >= 4 is 11.8 Å². The summed E-state index contributed by atoms with van der Waals surface area (Å²) in [4.78, 5) is 2.67. The lowest BCUT2D eigenvalue weighted by Crippen LogP contribution is -2.00. The van der Waals surface area contributed by atoms with Crippen LogP contribution in [0.2, 0.25) is 0 Å². The molecule has 0 aliphatic carbocycles. The van der Waals surface area contributed by atoms with Gasteiger partial charge in [-0.15, -0.1) is 0 Å². The first-order valence-corrected chi connectivity index (χ1v) is 11.2. The maximum absolute atomic E-state index is 6.08. The van der Waals surface area contributed by atoms with Crippen LogP contribution in [0.1, 0.15) is 73.3 Å². The molecule has 27 heavy (non-hydrogen) atoms. The van der Waals surface area contributed by atoms with Crippen molar-refractivity contribution in [2.75, 3.05) is 6.61 Å². The van der Waals surface area contributed by atoms with Crippen molar-refractivity contribution in [3.8, 4) is 5.75 Å². The topological polar surface area (TPSA) is 9.23 Å². The molecule has 0 aliphatic rings. The Labute approximate surface area is 170 Å². The molecule has 2 aromatic rings. The molecule has 0 atom stereocenters. The molecule has 0 amide bonds. The normalized spacial score (nSPS) is 11.0. The molecular weight excluding hydrogens is 348 g/mol. The molecule has 0 saturated heterocycles. The van der Waals surface area contributed by atoms with Crippen LogP contribution in [-0.2, 0) is 0 Å². The van der Waals surface area contributed by atoms with Crippen molar-refractivity contribution in [2.45, 2.75) is 89.9 Å². The summed E-state index contributed by atoms with van der Waals surface area (Å²) in [5.41, 5.74) is 6.60. The van der Waals surface area contributed by atoms with E-state index in [-0.39, 0.29) is 0 Å². The summed E-state index contributed by atoms with van der Waals surface area (Å²) < 4.78 is 6.08. The van der Waals surface area contributed by atoms with Gasteiger partial charge in [-0.1, -0.05) is 56.9 Å². The van der Waals surface area contributed by atoms with Crippen molar-refractivity contribution < 1.29 is 4.74 Å². The molecule has 0 saturated carbocycles. The lowest BCUT2D eigenvalue weighted by atomic mass is 10.1. The highest BCUT2D eigenvalue weighted by molar-refractivity contribution is 7.99. The third-order valence-corrected chi connectivity index (χ3v) is 6.56. The van der Waals surface area contributed by atoms with Gasteiger partial charge in [0.25, 0.3) is 0 Å². The van der Waals surface area contributed by atoms with E-state index >= 15 is 0 Å². The van der Waals surface area contributed by atoms with Crippen LogP contribution in [0.4, 0.5) is 0 Å². The molecule has 0 N–H and O–H groups in total. The summed E-state index contributed by atoms with van der Waals surface area (Å²) in [6, 6.07) is 9.10. The molecule has 0 bridgehead atoms. The van der Waals surface area contributed by atoms with Crippen molar-refractivity contribution in [2.24, 2.45) is 0 Å². The minimum absolute atomic E-state index is 0.829. The first-order valence-electron chi connectivity index (χ1n) is 10.4. The molecule has 0 radical (unpaired) electrons. The Hall–Kier alpha value is -1.41. The fourth-order valence-electron chi connectivity index (χ4n) is 3.26. The quantitative estimate of drug-likeness (QED) is 0.382. The Kier molecular flexibility index (Phi) is 8.76. The molecule has 2 aromatic carbocycles. The first kappa shape index (κ1) is 21.9. The maximum atomic E-state index is 6.08. The van der Waals surface area contributed by atoms with E-state index in [1.807, 2.05) is 11.8 Å². The molecule has 0 heterocycles. The molecule has 0 unspecified atom stereocenters. The zero-order valence-corrected chi connectivity index (χ0v) is 18.9. The molecule has 1 nitrogen and oxygen atoms in total. The molecular formula is C25H36OS. The van der Waals surface area contributed by atoms with Gasteiger partial charge in [0, 0.05) is 9.79 Å². The second kappa shape index (κ2) is 10.8. The average molecular weight is 385 g/mol. The van der Waals surface area contributed by atoms with Gasteiger partial charge in [0.1, 0.15) is 5.75 Å². The van der Waals surface area contributed by atoms with E-state index in [9.17, 15) is 0 Å². The molecule has 0 aliphatic heterocycles. The van der Waals surface area contributed by atoms with Gasteiger partial charge in [0.05, 0.1) is 6.61 Å². The van der Waals surface area contributed by atoms with Crippen LogP contribution >= 0.6 is 11.8 Å². The van der Waals surface area contributed by atoms with Crippen molar-refractivity contribution in [1.29, 1.82) is 0 Å². The fourth-order valence-corrected chi connectivity index (χ4v) is 4.40. The zero-order chi connectivity index (χ0) is 19.8. The summed E-state index contributed by atoms with van der Waals surface area (Å²) in [5.74, 6) is 1.04. The van der Waals surface area contributed by atoms with E-state index in [0.29, 0.717) is 0 Å². The Bertz CT molecular complexity index is 748. The van der Waals surface area contributed by atoms with Crippen LogP contribution in [-0.4, -0.2) is 6.61 Å². The number of aryl methyl sites for hydroxylation is 5. The zero-order valence-electron chi connectivity index (χ0n) is 18.1. The van der Waals surface area contributed by atoms with Gasteiger partial charge in [-0.25, -0.2) is 0 Å². The first-order chi connectivity index (χ1) is 12.9. The monoisotopic (exact) mass is 384 g/mol. The summed E-state index contributed by atoms with van der Waals surface area (Å²) in [6.45, 7) is 14.0. The second-order valence-electron chi connectivity index (χ2n) is 7.80. The van der Waals surface area contributed by atoms with E-state index in [1.54, 1.807) is 0 Å². The van der Waals surface area contributed by atoms with Crippen LogP contribution in [0.5, 0.6) is 5.75 Å². The lowest BCUT2D eigenvalue weighted by Gasteiger charge is -2.15. The molecule has 2 rings (SSSR count). The van der Waals surface area contributed by atoms with Gasteiger partial charge < -0.3 is 4.74 Å². The Balaban J connectivity index is 1.97. The van der Waals surface area contributed by atoms with E-state index in [1.165, 1.54) is 69.7 Å². The smallest absolute Gasteiger partial charge is 0.122 e. The van der Waals surface area contributed by atoms with E-state index in [4.69, 9.17) is 4.74 Å². The summed E-state index contributed by atoms with van der Waals surface area (Å²) in [6.07, 6.45) is 7.79. The van der Waals surface area contributed by atoms with Gasteiger partial charge in [-0.3, -0.25) is 0 Å². The highest BCUT2D eigenvalue weighted by atomic mass is 32.2. The second-order valence-corrected chi connectivity index (χ2v) is 8.89. The Morgan fingerprint density at radius 1 is 0.630 bits per heavy atom. The molecule has 0 spiro atoms. The standard InChI is InChI=1S/C25H36OS/c1-7-8-9-10-11-12-13-26-23-15-22(6)25(17-20(23)4)27-24-16-19(3)18(2)14-21(24)5/h14-17H,7-13H2,1-6H3. The van der Waals surface area contributed by atoms with E-state index in [0.717, 1.165) is 18.8 Å². The summed E-state index contributed by atoms with van der Waals surface area (Å²) in [5, 5.41) is 0. The SMILES string of the molecule is CCCCCCCCOc1cc(C)c(Sc2cc(C)c(C)cc2C)cc1C. The predicted molar refractivity (Wildman–Crippen MR) is 120 cm³/mol. The van der Waals surface area contributed by atoms with Gasteiger partial charge in [-0.05, 0) is 87.1 Å². The molecule has 0 aromatic heterocycles. The molecule has 148 valence electrons. The van der Waals surface area contributed by atoms with Crippen molar-refractivity contribution in [3.05, 3.63) is 52.1 Å². The number of benzene rings is 2. The van der Waals surface area contributed by atoms with Crippen LogP contribution in [0.3, 0.4) is 0 Å². The number of unbranched alkanes of at least 4 members (excludes halogenated alkanes) is 5. The fraction of sp³-hybridized carbons (Fsp3) is 0.520. The van der Waals surface area contributed by atoms with Crippen molar-refractivity contribution in [3.63, 3.8) is 0 Å². The summed E-state index contributed by atoms with van der Waals surface area (Å²) >= 11 is 1.87. The molecule has 0 fully saturated rings. The van der Waals surface area contributed by atoms with Crippen LogP contribution < -0.4 is 4.74 Å². The molecule has 2 heteroatoms. The number of rotatable bonds is 10. The number of ether oxygens (including phenoxy) is 1. The number of hydrogen-bond donors (Lipinski definition) is 0. The predicted octanol–water partition coefficient (Wildman–Crippen LogP) is 8.12. The van der Waals surface area contributed by atoms with E-state index < -0.39 is 0 Å². The van der Waals surface area contributed by atoms with E-state index in [2.05, 4.69) is 65.8 Å². The van der Waals surface area contributed by atoms with Crippen LogP contribution in [0, 0.1) is 34.6 Å². The van der Waals surface area contributed by atoms with Gasteiger partial charge in [-0.2, -0.15) is 0 Å². The Morgan fingerprint density at radius 2 is 1.19 bits per heavy atom. The highest BCUT2D eigenvalue weighted by Crippen LogP contribution is 2.36. The van der Waals surface area contributed by atoms with Gasteiger partial charge in [0.15, 0.2) is 0 Å². The largest absolute Gasteiger partial charge is 0.493 e. The maximum Gasteiger partial charge on any atom is 0.122 e. The third kappa shape index (κ3) is 6.60. The third-order valence-electron chi connectivity index (χ3n) is 5.24. The van der Waals surface area contributed by atoms with Gasteiger partial charge in [0.2, 0.25) is 0 Å². The lowest BCUT2D eigenvalue weighted by molar-refractivity contribution is 0.302. The number of hydrogen-bond acceptors (Lipinski definition) is 2. The average Bonchev–Trinajstić information content (AvgIpc) is 2.62. The van der Waals surface area contributed by atoms with Crippen molar-refractivity contribution in [1.82, 2.24) is 0 Å². The van der Waals surface area contributed by atoms with Crippen LogP contribution in [0.25, 0.3) is 0 Å². The minimum Gasteiger partial charge on any atom is -0.493 e. The highest BCUT2D eigenvalue weighted by Gasteiger charge is 2.10. The summed E-state index contributed by atoms with van der Waals surface area (Å²) in [7, 11) is 0. The van der Waals surface area contributed by atoms with Crippen LogP contribution in [0.15, 0.2) is 34.1 Å². The minimum atomic E-state index is 0.829. The van der Waals surface area contributed by atoms with Gasteiger partial charge >= 0.3 is 0 Å². The Morgan fingerprint density at radius 3 is 1.89 bits per heavy atom.